The van der Waals surface area contributed by atoms with Crippen LogP contribution in [0, 0.1) is 0 Å². The molecule has 0 saturated carbocycles. The lowest BCUT2D eigenvalue weighted by molar-refractivity contribution is -0.159. The van der Waals surface area contributed by atoms with Crippen LogP contribution in [0.4, 0.5) is 0 Å². The van der Waals surface area contributed by atoms with E-state index in [1.54, 1.807) is 0 Å². The molecule has 0 aromatic carbocycles. The van der Waals surface area contributed by atoms with Gasteiger partial charge in [-0.05, 0) is 31.0 Å². The summed E-state index contributed by atoms with van der Waals surface area (Å²) in [6.07, 6.45) is 2.68. The van der Waals surface area contributed by atoms with E-state index in [4.69, 9.17) is 13.9 Å². The first-order chi connectivity index (χ1) is 11.5. The summed E-state index contributed by atoms with van der Waals surface area (Å²) in [5.41, 5.74) is 0. The summed E-state index contributed by atoms with van der Waals surface area (Å²) in [6, 6.07) is 2.76. The molecule has 0 radical (unpaired) electrons. The maximum atomic E-state index is 12.4. The molecule has 0 spiro atoms. The lowest BCUT2D eigenvalue weighted by Crippen LogP contribution is -2.44. The Bertz CT molecular complexity index is 347. The van der Waals surface area contributed by atoms with Crippen LogP contribution in [-0.4, -0.2) is 39.6 Å². The Morgan fingerprint density at radius 3 is 1.79 bits per heavy atom. The molecule has 0 bridgehead atoms. The third-order valence-electron chi connectivity index (χ3n) is 4.44. The lowest BCUT2D eigenvalue weighted by atomic mass is 10.2. The van der Waals surface area contributed by atoms with Crippen molar-refractivity contribution >= 4 is 20.3 Å². The third kappa shape index (κ3) is 8.83. The molecule has 6 heteroatoms. The van der Waals surface area contributed by atoms with Crippen LogP contribution in [0.2, 0.25) is 18.1 Å². The van der Waals surface area contributed by atoms with Crippen molar-refractivity contribution in [1.29, 1.82) is 0 Å². The zero-order valence-corrected chi connectivity index (χ0v) is 17.2. The Labute approximate surface area is 148 Å². The van der Waals surface area contributed by atoms with Gasteiger partial charge < -0.3 is 13.9 Å². The van der Waals surface area contributed by atoms with Gasteiger partial charge in [0.1, 0.15) is 0 Å². The quantitative estimate of drug-likeness (QED) is 0.260. The lowest BCUT2D eigenvalue weighted by Gasteiger charge is -2.31. The van der Waals surface area contributed by atoms with E-state index in [9.17, 15) is 9.59 Å². The number of carbonyl (C=O) groups is 2. The van der Waals surface area contributed by atoms with Gasteiger partial charge >= 0.3 is 11.9 Å². The van der Waals surface area contributed by atoms with Crippen LogP contribution in [0.5, 0.6) is 0 Å². The molecule has 1 atom stereocenters. The van der Waals surface area contributed by atoms with Gasteiger partial charge in [0, 0.05) is 0 Å². The molecule has 0 heterocycles. The predicted octanol–water partition coefficient (Wildman–Crippen LogP) is 4.45. The summed E-state index contributed by atoms with van der Waals surface area (Å²) < 4.78 is 16.7. The highest BCUT2D eigenvalue weighted by Gasteiger charge is 2.36. The summed E-state index contributed by atoms with van der Waals surface area (Å²) in [6.45, 7) is 11.1. The van der Waals surface area contributed by atoms with Crippen molar-refractivity contribution in [2.75, 3.05) is 13.2 Å². The van der Waals surface area contributed by atoms with Gasteiger partial charge in [0.2, 0.25) is 0 Å². The monoisotopic (exact) mass is 360 g/mol. The van der Waals surface area contributed by atoms with Gasteiger partial charge in [-0.3, -0.25) is 4.79 Å². The SMILES string of the molecule is CCCCOC(=O)CC(O[Si](CC)(CC)CC)C(=O)OCCCC. The summed E-state index contributed by atoms with van der Waals surface area (Å²) in [4.78, 5) is 24.4. The first-order valence-corrected chi connectivity index (χ1v) is 12.0. The van der Waals surface area contributed by atoms with Crippen molar-refractivity contribution in [3.05, 3.63) is 0 Å². The van der Waals surface area contributed by atoms with E-state index in [-0.39, 0.29) is 12.4 Å². The van der Waals surface area contributed by atoms with E-state index in [0.717, 1.165) is 43.8 Å². The highest BCUT2D eigenvalue weighted by molar-refractivity contribution is 6.73. The molecule has 1 unspecified atom stereocenters. The average molecular weight is 361 g/mol. The summed E-state index contributed by atoms with van der Waals surface area (Å²) >= 11 is 0. The first kappa shape index (κ1) is 23.1. The number of esters is 2. The number of hydrogen-bond acceptors (Lipinski definition) is 5. The molecule has 0 aliphatic carbocycles. The number of hydrogen-bond donors (Lipinski definition) is 0. The van der Waals surface area contributed by atoms with E-state index in [1.165, 1.54) is 0 Å². The highest BCUT2D eigenvalue weighted by Crippen LogP contribution is 2.25. The minimum atomic E-state index is -2.00. The van der Waals surface area contributed by atoms with Crippen molar-refractivity contribution in [2.45, 2.75) is 91.0 Å². The van der Waals surface area contributed by atoms with Gasteiger partial charge in [-0.2, -0.15) is 0 Å². The van der Waals surface area contributed by atoms with Gasteiger partial charge in [0.05, 0.1) is 19.6 Å². The third-order valence-corrected chi connectivity index (χ3v) is 9.09. The van der Waals surface area contributed by atoms with Crippen LogP contribution in [0.25, 0.3) is 0 Å². The molecule has 5 nitrogen and oxygen atoms in total. The fourth-order valence-corrected chi connectivity index (χ4v) is 5.21. The second-order valence-electron chi connectivity index (χ2n) is 6.15. The van der Waals surface area contributed by atoms with Crippen molar-refractivity contribution in [3.63, 3.8) is 0 Å². The van der Waals surface area contributed by atoms with Gasteiger partial charge in [-0.25, -0.2) is 4.79 Å². The molecule has 0 amide bonds. The van der Waals surface area contributed by atoms with Crippen LogP contribution < -0.4 is 0 Å². The van der Waals surface area contributed by atoms with Gasteiger partial charge in [0.15, 0.2) is 14.4 Å². The van der Waals surface area contributed by atoms with E-state index in [2.05, 4.69) is 20.8 Å². The van der Waals surface area contributed by atoms with Crippen LogP contribution in [0.1, 0.15) is 66.7 Å². The molecular weight excluding hydrogens is 324 g/mol. The predicted molar refractivity (Wildman–Crippen MR) is 98.4 cm³/mol. The van der Waals surface area contributed by atoms with Crippen LogP contribution >= 0.6 is 0 Å². The molecular formula is C18H36O5Si. The van der Waals surface area contributed by atoms with E-state index in [1.807, 2.05) is 13.8 Å². The van der Waals surface area contributed by atoms with Crippen molar-refractivity contribution in [1.82, 2.24) is 0 Å². The molecule has 142 valence electrons. The Hall–Kier alpha value is -0.883. The molecule has 0 aliphatic heterocycles. The maximum Gasteiger partial charge on any atom is 0.334 e. The molecule has 0 aliphatic rings. The zero-order valence-electron chi connectivity index (χ0n) is 16.2. The Morgan fingerprint density at radius 2 is 1.33 bits per heavy atom. The van der Waals surface area contributed by atoms with Crippen molar-refractivity contribution < 1.29 is 23.5 Å². The minimum absolute atomic E-state index is 0.0522. The van der Waals surface area contributed by atoms with Crippen LogP contribution in [-0.2, 0) is 23.5 Å². The fraction of sp³-hybridized carbons (Fsp3) is 0.889. The van der Waals surface area contributed by atoms with E-state index in [0.29, 0.717) is 13.2 Å². The molecule has 0 aromatic heterocycles. The normalized spacial score (nSPS) is 12.7. The smallest absolute Gasteiger partial charge is 0.334 e. The standard InChI is InChI=1S/C18H36O5Si/c1-6-11-13-21-17(19)15-16(18(20)22-14-12-7-2)23-24(8-3,9-4)10-5/h16H,6-15H2,1-5H3. The van der Waals surface area contributed by atoms with Crippen molar-refractivity contribution in [2.24, 2.45) is 0 Å². The number of rotatable bonds is 14. The van der Waals surface area contributed by atoms with E-state index >= 15 is 0 Å². The molecule has 0 rings (SSSR count). The molecule has 24 heavy (non-hydrogen) atoms. The van der Waals surface area contributed by atoms with Gasteiger partial charge in [-0.1, -0.05) is 47.5 Å². The molecule has 0 fully saturated rings. The van der Waals surface area contributed by atoms with Crippen LogP contribution in [0.15, 0.2) is 0 Å². The number of unbranched alkanes of at least 4 members (excludes halogenated alkanes) is 2. The molecule has 0 N–H and O–H groups in total. The number of ether oxygens (including phenoxy) is 2. The highest BCUT2D eigenvalue weighted by atomic mass is 28.4. The average Bonchev–Trinajstić information content (AvgIpc) is 2.59. The second-order valence-corrected chi connectivity index (χ2v) is 10.9. The Balaban J connectivity index is 4.87. The Morgan fingerprint density at radius 1 is 0.833 bits per heavy atom. The van der Waals surface area contributed by atoms with Gasteiger partial charge in [0.25, 0.3) is 0 Å². The molecule has 0 saturated heterocycles. The molecule has 0 aromatic rings. The topological polar surface area (TPSA) is 61.8 Å². The Kier molecular flexibility index (Phi) is 12.9. The fourth-order valence-electron chi connectivity index (χ4n) is 2.43. The van der Waals surface area contributed by atoms with Crippen molar-refractivity contribution in [3.8, 4) is 0 Å². The van der Waals surface area contributed by atoms with E-state index < -0.39 is 20.4 Å². The first-order valence-electron chi connectivity index (χ1n) is 9.48. The maximum absolute atomic E-state index is 12.4. The van der Waals surface area contributed by atoms with Gasteiger partial charge in [-0.15, -0.1) is 0 Å². The summed E-state index contributed by atoms with van der Waals surface area (Å²) in [5, 5.41) is 0. The zero-order chi connectivity index (χ0) is 18.4. The summed E-state index contributed by atoms with van der Waals surface area (Å²) in [5.74, 6) is -0.810. The summed E-state index contributed by atoms with van der Waals surface area (Å²) in [7, 11) is -2.00. The second kappa shape index (κ2) is 13.4. The largest absolute Gasteiger partial charge is 0.466 e. The minimum Gasteiger partial charge on any atom is -0.466 e. The number of carbonyl (C=O) groups excluding carboxylic acids is 2. The van der Waals surface area contributed by atoms with Crippen LogP contribution in [0.3, 0.4) is 0 Å².